The van der Waals surface area contributed by atoms with Crippen LogP contribution in [0.3, 0.4) is 0 Å². The summed E-state index contributed by atoms with van der Waals surface area (Å²) in [5.74, 6) is 1.95. The van der Waals surface area contributed by atoms with Gasteiger partial charge < -0.3 is 20.9 Å². The van der Waals surface area contributed by atoms with Gasteiger partial charge in [-0.1, -0.05) is 13.3 Å². The van der Waals surface area contributed by atoms with Gasteiger partial charge in [0.15, 0.2) is 11.5 Å². The summed E-state index contributed by atoms with van der Waals surface area (Å²) in [6.45, 7) is 2.77. The highest BCUT2D eigenvalue weighted by atomic mass is 79.9. The summed E-state index contributed by atoms with van der Waals surface area (Å²) in [4.78, 5) is 7.98. The Morgan fingerprint density at radius 3 is 2.70 bits per heavy atom. The third kappa shape index (κ3) is 4.48. The fourth-order valence-corrected chi connectivity index (χ4v) is 2.80. The van der Waals surface area contributed by atoms with Gasteiger partial charge in [0.25, 0.3) is 0 Å². The minimum atomic E-state index is 0.172. The zero-order valence-electron chi connectivity index (χ0n) is 13.3. The lowest BCUT2D eigenvalue weighted by molar-refractivity contribution is 0.287. The molecule has 1 heterocycles. The van der Waals surface area contributed by atoms with Crippen molar-refractivity contribution in [2.45, 2.75) is 26.2 Å². The summed E-state index contributed by atoms with van der Waals surface area (Å²) in [6, 6.07) is 3.93. The van der Waals surface area contributed by atoms with Crippen LogP contribution in [0.1, 0.15) is 30.9 Å². The second kappa shape index (κ2) is 8.01. The van der Waals surface area contributed by atoms with Crippen molar-refractivity contribution >= 4 is 27.7 Å². The lowest BCUT2D eigenvalue weighted by Gasteiger charge is -2.14. The molecule has 6 nitrogen and oxygen atoms in total. The van der Waals surface area contributed by atoms with E-state index in [1.165, 1.54) is 0 Å². The Morgan fingerprint density at radius 1 is 1.26 bits per heavy atom. The second-order valence-corrected chi connectivity index (χ2v) is 5.98. The van der Waals surface area contributed by atoms with Crippen molar-refractivity contribution in [3.05, 3.63) is 33.9 Å². The summed E-state index contributed by atoms with van der Waals surface area (Å²) in [5, 5.41) is 0. The molecule has 0 radical (unpaired) electrons. The van der Waals surface area contributed by atoms with Crippen LogP contribution >= 0.6 is 15.9 Å². The predicted octanol–water partition coefficient (Wildman–Crippen LogP) is 3.18. The normalized spacial score (nSPS) is 10.6. The first-order valence-electron chi connectivity index (χ1n) is 7.41. The number of methoxy groups -OCH3 is 1. The molecule has 7 heteroatoms. The van der Waals surface area contributed by atoms with E-state index in [9.17, 15) is 0 Å². The maximum absolute atomic E-state index is 5.90. The Labute approximate surface area is 144 Å². The van der Waals surface area contributed by atoms with E-state index in [0.717, 1.165) is 28.4 Å². The standard InChI is InChI=1S/C16H21BrN4O2/c1-3-4-5-23-13-8-10(7-12(17)14(13)22-2)6-11-9-20-16(19)21-15(11)18/h7-9H,3-6H2,1-2H3,(H4,18,19,20,21). The lowest BCUT2D eigenvalue weighted by Crippen LogP contribution is -2.05. The summed E-state index contributed by atoms with van der Waals surface area (Å²) in [6.07, 6.45) is 4.29. The van der Waals surface area contributed by atoms with E-state index >= 15 is 0 Å². The summed E-state index contributed by atoms with van der Waals surface area (Å²) in [7, 11) is 1.62. The average molecular weight is 381 g/mol. The van der Waals surface area contributed by atoms with Crippen molar-refractivity contribution in [1.82, 2.24) is 9.97 Å². The highest BCUT2D eigenvalue weighted by Crippen LogP contribution is 2.37. The minimum absolute atomic E-state index is 0.172. The number of hydrogen-bond acceptors (Lipinski definition) is 6. The van der Waals surface area contributed by atoms with Gasteiger partial charge in [-0.25, -0.2) is 4.98 Å². The molecular formula is C16H21BrN4O2. The monoisotopic (exact) mass is 380 g/mol. The summed E-state index contributed by atoms with van der Waals surface area (Å²) in [5.41, 5.74) is 13.3. The molecular weight excluding hydrogens is 360 g/mol. The Kier molecular flexibility index (Phi) is 6.04. The van der Waals surface area contributed by atoms with Crippen LogP contribution in [0.25, 0.3) is 0 Å². The van der Waals surface area contributed by atoms with Crippen molar-refractivity contribution in [2.24, 2.45) is 0 Å². The minimum Gasteiger partial charge on any atom is -0.492 e. The fourth-order valence-electron chi connectivity index (χ4n) is 2.15. The van der Waals surface area contributed by atoms with Gasteiger partial charge in [0.05, 0.1) is 18.2 Å². The Hall–Kier alpha value is -2.02. The van der Waals surface area contributed by atoms with Crippen molar-refractivity contribution < 1.29 is 9.47 Å². The van der Waals surface area contributed by atoms with Crippen LogP contribution in [0.2, 0.25) is 0 Å². The van der Waals surface area contributed by atoms with Gasteiger partial charge in [0.1, 0.15) is 5.82 Å². The Morgan fingerprint density at radius 2 is 2.04 bits per heavy atom. The second-order valence-electron chi connectivity index (χ2n) is 5.13. The highest BCUT2D eigenvalue weighted by molar-refractivity contribution is 9.10. The van der Waals surface area contributed by atoms with Crippen molar-refractivity contribution in [1.29, 1.82) is 0 Å². The molecule has 0 saturated heterocycles. The molecule has 0 aliphatic heterocycles. The number of nitrogen functional groups attached to an aromatic ring is 2. The number of aromatic nitrogens is 2. The van der Waals surface area contributed by atoms with Gasteiger partial charge in [-0.15, -0.1) is 0 Å². The first-order valence-corrected chi connectivity index (χ1v) is 8.20. The molecule has 2 aromatic rings. The van der Waals surface area contributed by atoms with E-state index in [4.69, 9.17) is 20.9 Å². The Balaban J connectivity index is 2.27. The van der Waals surface area contributed by atoms with Crippen LogP contribution in [0, 0.1) is 0 Å². The van der Waals surface area contributed by atoms with E-state index in [2.05, 4.69) is 32.8 Å². The van der Waals surface area contributed by atoms with E-state index in [-0.39, 0.29) is 5.95 Å². The molecule has 1 aromatic heterocycles. The van der Waals surface area contributed by atoms with Crippen molar-refractivity contribution in [3.63, 3.8) is 0 Å². The van der Waals surface area contributed by atoms with Crippen LogP contribution in [-0.4, -0.2) is 23.7 Å². The molecule has 0 saturated carbocycles. The summed E-state index contributed by atoms with van der Waals surface area (Å²) >= 11 is 3.52. The predicted molar refractivity (Wildman–Crippen MR) is 94.8 cm³/mol. The molecule has 0 fully saturated rings. The maximum atomic E-state index is 5.90. The maximum Gasteiger partial charge on any atom is 0.221 e. The first-order chi connectivity index (χ1) is 11.0. The topological polar surface area (TPSA) is 96.3 Å². The number of hydrogen-bond donors (Lipinski definition) is 2. The van der Waals surface area contributed by atoms with E-state index in [0.29, 0.717) is 30.3 Å². The van der Waals surface area contributed by atoms with Crippen LogP contribution in [0.5, 0.6) is 11.5 Å². The third-order valence-corrected chi connectivity index (χ3v) is 3.93. The van der Waals surface area contributed by atoms with Crippen LogP contribution < -0.4 is 20.9 Å². The lowest BCUT2D eigenvalue weighted by atomic mass is 10.1. The average Bonchev–Trinajstić information content (AvgIpc) is 2.50. The van der Waals surface area contributed by atoms with Crippen LogP contribution in [0.4, 0.5) is 11.8 Å². The number of anilines is 2. The molecule has 1 aromatic carbocycles. The number of halogens is 1. The quantitative estimate of drug-likeness (QED) is 0.715. The van der Waals surface area contributed by atoms with Gasteiger partial charge in [-0.05, 0) is 40.0 Å². The molecule has 0 aliphatic carbocycles. The number of unbranched alkanes of at least 4 members (excludes halogenated alkanes) is 1. The molecule has 0 atom stereocenters. The molecule has 124 valence electrons. The van der Waals surface area contributed by atoms with Gasteiger partial charge >= 0.3 is 0 Å². The molecule has 0 bridgehead atoms. The van der Waals surface area contributed by atoms with Crippen molar-refractivity contribution in [3.8, 4) is 11.5 Å². The fraction of sp³-hybridized carbons (Fsp3) is 0.375. The third-order valence-electron chi connectivity index (χ3n) is 3.34. The first kappa shape index (κ1) is 17.3. The van der Waals surface area contributed by atoms with Crippen LogP contribution in [0.15, 0.2) is 22.8 Å². The van der Waals surface area contributed by atoms with Gasteiger partial charge in [0, 0.05) is 18.2 Å². The zero-order valence-corrected chi connectivity index (χ0v) is 14.9. The van der Waals surface area contributed by atoms with E-state index < -0.39 is 0 Å². The number of nitrogens with zero attached hydrogens (tertiary/aromatic N) is 2. The Bertz CT molecular complexity index is 679. The number of rotatable bonds is 7. The zero-order chi connectivity index (χ0) is 16.8. The molecule has 2 rings (SSSR count). The van der Waals surface area contributed by atoms with E-state index in [1.807, 2.05) is 12.1 Å². The molecule has 0 aliphatic rings. The highest BCUT2D eigenvalue weighted by Gasteiger charge is 2.13. The molecule has 0 unspecified atom stereocenters. The van der Waals surface area contributed by atoms with Gasteiger partial charge in [0.2, 0.25) is 5.95 Å². The summed E-state index contributed by atoms with van der Waals surface area (Å²) < 4.78 is 12.1. The molecule has 4 N–H and O–H groups in total. The van der Waals surface area contributed by atoms with Crippen LogP contribution in [-0.2, 0) is 6.42 Å². The largest absolute Gasteiger partial charge is 0.492 e. The molecule has 0 spiro atoms. The number of ether oxygens (including phenoxy) is 2. The molecule has 0 amide bonds. The van der Waals surface area contributed by atoms with Gasteiger partial charge in [-0.3, -0.25) is 0 Å². The molecule has 23 heavy (non-hydrogen) atoms. The SMILES string of the molecule is CCCCOc1cc(Cc2cnc(N)nc2N)cc(Br)c1OC. The number of nitrogens with two attached hydrogens (primary N) is 2. The number of benzene rings is 1. The van der Waals surface area contributed by atoms with E-state index in [1.54, 1.807) is 13.3 Å². The van der Waals surface area contributed by atoms with Gasteiger partial charge in [-0.2, -0.15) is 4.98 Å². The smallest absolute Gasteiger partial charge is 0.221 e. The van der Waals surface area contributed by atoms with Crippen molar-refractivity contribution in [2.75, 3.05) is 25.2 Å².